The van der Waals surface area contributed by atoms with Crippen molar-refractivity contribution in [1.82, 2.24) is 4.98 Å². The van der Waals surface area contributed by atoms with E-state index < -0.39 is 4.92 Å². The minimum Gasteiger partial charge on any atom is -0.354 e. The molecule has 0 unspecified atom stereocenters. The number of non-ortho nitro benzene ring substituents is 1. The number of hydrogen-bond donors (Lipinski definition) is 1. The number of nitro benzene ring substituents is 1. The lowest BCUT2D eigenvalue weighted by molar-refractivity contribution is -0.383. The number of aryl methyl sites for hydroxylation is 1. The van der Waals surface area contributed by atoms with Gasteiger partial charge in [0.05, 0.1) is 15.8 Å². The summed E-state index contributed by atoms with van der Waals surface area (Å²) in [5, 5.41) is 11.5. The van der Waals surface area contributed by atoms with Crippen LogP contribution in [0.4, 0.5) is 10.1 Å². The van der Waals surface area contributed by atoms with Crippen molar-refractivity contribution in [2.45, 2.75) is 6.92 Å². The second-order valence-corrected chi connectivity index (χ2v) is 4.66. The molecule has 0 aliphatic heterocycles. The molecule has 2 aromatic carbocycles. The topological polar surface area (TPSA) is 58.9 Å². The molecule has 1 heterocycles. The van der Waals surface area contributed by atoms with E-state index >= 15 is 0 Å². The number of nitrogens with one attached hydrogen (secondary N) is 1. The van der Waals surface area contributed by atoms with Gasteiger partial charge in [0, 0.05) is 17.3 Å². The van der Waals surface area contributed by atoms with Crippen molar-refractivity contribution in [2.75, 3.05) is 0 Å². The molecular formula is C15H11FN2O2. The third-order valence-electron chi connectivity index (χ3n) is 3.25. The molecule has 3 aromatic rings. The quantitative estimate of drug-likeness (QED) is 0.560. The Kier molecular flexibility index (Phi) is 2.75. The molecule has 0 saturated carbocycles. The van der Waals surface area contributed by atoms with Crippen LogP contribution in [0.1, 0.15) is 5.56 Å². The van der Waals surface area contributed by atoms with E-state index in [0.717, 1.165) is 5.56 Å². The molecule has 4 nitrogen and oxygen atoms in total. The second kappa shape index (κ2) is 4.45. The minimum atomic E-state index is -0.438. The third-order valence-corrected chi connectivity index (χ3v) is 3.25. The van der Waals surface area contributed by atoms with Crippen LogP contribution in [0.3, 0.4) is 0 Å². The summed E-state index contributed by atoms with van der Waals surface area (Å²) in [5.41, 5.74) is 2.51. The number of benzene rings is 2. The average Bonchev–Trinajstić information content (AvgIpc) is 2.84. The van der Waals surface area contributed by atoms with Crippen molar-refractivity contribution in [3.8, 4) is 11.3 Å². The van der Waals surface area contributed by atoms with Crippen LogP contribution in [-0.4, -0.2) is 9.91 Å². The highest BCUT2D eigenvalue weighted by atomic mass is 19.1. The molecule has 100 valence electrons. The zero-order valence-electron chi connectivity index (χ0n) is 10.7. The highest BCUT2D eigenvalue weighted by molar-refractivity contribution is 5.93. The largest absolute Gasteiger partial charge is 0.354 e. The van der Waals surface area contributed by atoms with Gasteiger partial charge in [0.2, 0.25) is 0 Å². The third kappa shape index (κ3) is 1.93. The Morgan fingerprint density at radius 1 is 1.20 bits per heavy atom. The van der Waals surface area contributed by atoms with E-state index in [2.05, 4.69) is 4.98 Å². The molecule has 0 aliphatic carbocycles. The predicted octanol–water partition coefficient (Wildman–Crippen LogP) is 4.19. The van der Waals surface area contributed by atoms with Gasteiger partial charge in [-0.2, -0.15) is 0 Å². The molecule has 0 radical (unpaired) electrons. The number of fused-ring (bicyclic) bond motifs is 1. The van der Waals surface area contributed by atoms with E-state index in [1.165, 1.54) is 12.1 Å². The summed E-state index contributed by atoms with van der Waals surface area (Å²) in [6, 6.07) is 11.2. The molecule has 0 amide bonds. The highest BCUT2D eigenvalue weighted by Crippen LogP contribution is 2.31. The SMILES string of the molecule is Cc1ccc(F)c(-c2cc3c([N+](=O)[O-])cccc3[nH]2)c1. The summed E-state index contributed by atoms with van der Waals surface area (Å²) in [7, 11) is 0. The molecule has 1 N–H and O–H groups in total. The fourth-order valence-corrected chi connectivity index (χ4v) is 2.29. The Hall–Kier alpha value is -2.69. The van der Waals surface area contributed by atoms with E-state index in [1.807, 2.05) is 6.92 Å². The number of nitro groups is 1. The lowest BCUT2D eigenvalue weighted by atomic mass is 10.1. The standard InChI is InChI=1S/C15H11FN2O2/c1-9-5-6-12(16)10(7-9)14-8-11-13(17-14)3-2-4-15(11)18(19)20/h2-8,17H,1H3. The number of rotatable bonds is 2. The molecule has 1 aromatic heterocycles. The minimum absolute atomic E-state index is 0.0121. The Bertz CT molecular complexity index is 824. The van der Waals surface area contributed by atoms with Gasteiger partial charge >= 0.3 is 0 Å². The first-order chi connectivity index (χ1) is 9.56. The zero-order valence-corrected chi connectivity index (χ0v) is 10.7. The van der Waals surface area contributed by atoms with E-state index in [-0.39, 0.29) is 11.5 Å². The Balaban J connectivity index is 2.26. The van der Waals surface area contributed by atoms with Crippen LogP contribution in [0.5, 0.6) is 0 Å². The summed E-state index contributed by atoms with van der Waals surface area (Å²) < 4.78 is 13.9. The first-order valence-corrected chi connectivity index (χ1v) is 6.09. The number of halogens is 1. The fraction of sp³-hybridized carbons (Fsp3) is 0.0667. The van der Waals surface area contributed by atoms with Gasteiger partial charge in [-0.15, -0.1) is 0 Å². The van der Waals surface area contributed by atoms with E-state index in [1.54, 1.807) is 30.3 Å². The van der Waals surface area contributed by atoms with Crippen molar-refractivity contribution in [2.24, 2.45) is 0 Å². The number of aromatic amines is 1. The molecule has 0 bridgehead atoms. The smallest absolute Gasteiger partial charge is 0.278 e. The molecule has 0 atom stereocenters. The second-order valence-electron chi connectivity index (χ2n) is 4.66. The van der Waals surface area contributed by atoms with Crippen LogP contribution in [0.25, 0.3) is 22.2 Å². The predicted molar refractivity (Wildman–Crippen MR) is 75.1 cm³/mol. The van der Waals surface area contributed by atoms with Gasteiger partial charge in [-0.25, -0.2) is 4.39 Å². The van der Waals surface area contributed by atoms with E-state index in [9.17, 15) is 14.5 Å². The molecule has 0 spiro atoms. The normalized spacial score (nSPS) is 10.9. The van der Waals surface area contributed by atoms with Crippen molar-refractivity contribution in [3.05, 3.63) is 64.0 Å². The summed E-state index contributed by atoms with van der Waals surface area (Å²) in [6.07, 6.45) is 0. The Morgan fingerprint density at radius 3 is 2.75 bits per heavy atom. The maximum atomic E-state index is 13.9. The van der Waals surface area contributed by atoms with Gasteiger partial charge < -0.3 is 4.98 Å². The van der Waals surface area contributed by atoms with Gasteiger partial charge in [0.1, 0.15) is 5.82 Å². The Labute approximate surface area is 114 Å². The van der Waals surface area contributed by atoms with Gasteiger partial charge in [0.15, 0.2) is 0 Å². The Morgan fingerprint density at radius 2 is 2.00 bits per heavy atom. The summed E-state index contributed by atoms with van der Waals surface area (Å²) in [4.78, 5) is 13.6. The van der Waals surface area contributed by atoms with Crippen LogP contribution in [-0.2, 0) is 0 Å². The van der Waals surface area contributed by atoms with Gasteiger partial charge in [-0.3, -0.25) is 10.1 Å². The van der Waals surface area contributed by atoms with Crippen molar-refractivity contribution in [3.63, 3.8) is 0 Å². The molecule has 0 fully saturated rings. The molecule has 0 aliphatic rings. The fourth-order valence-electron chi connectivity index (χ4n) is 2.29. The van der Waals surface area contributed by atoms with Crippen LogP contribution in [0, 0.1) is 22.9 Å². The van der Waals surface area contributed by atoms with Crippen molar-refractivity contribution < 1.29 is 9.31 Å². The number of H-pyrrole nitrogens is 1. The summed E-state index contributed by atoms with van der Waals surface area (Å²) in [6.45, 7) is 1.87. The number of aromatic nitrogens is 1. The first-order valence-electron chi connectivity index (χ1n) is 6.09. The van der Waals surface area contributed by atoms with Gasteiger partial charge in [0.25, 0.3) is 5.69 Å². The van der Waals surface area contributed by atoms with Gasteiger partial charge in [-0.05, 0) is 31.2 Å². The van der Waals surface area contributed by atoms with E-state index in [0.29, 0.717) is 22.2 Å². The summed E-state index contributed by atoms with van der Waals surface area (Å²) >= 11 is 0. The van der Waals surface area contributed by atoms with Crippen LogP contribution < -0.4 is 0 Å². The molecule has 20 heavy (non-hydrogen) atoms. The van der Waals surface area contributed by atoms with Crippen molar-refractivity contribution in [1.29, 1.82) is 0 Å². The zero-order chi connectivity index (χ0) is 14.3. The van der Waals surface area contributed by atoms with E-state index in [4.69, 9.17) is 0 Å². The molecular weight excluding hydrogens is 259 g/mol. The molecule has 3 rings (SSSR count). The maximum absolute atomic E-state index is 13.9. The number of nitrogens with zero attached hydrogens (tertiary/aromatic N) is 1. The van der Waals surface area contributed by atoms with Crippen LogP contribution >= 0.6 is 0 Å². The molecule has 5 heteroatoms. The maximum Gasteiger partial charge on any atom is 0.278 e. The lowest BCUT2D eigenvalue weighted by Crippen LogP contribution is -1.87. The highest BCUT2D eigenvalue weighted by Gasteiger charge is 2.15. The first kappa shape index (κ1) is 12.3. The summed E-state index contributed by atoms with van der Waals surface area (Å²) in [5.74, 6) is -0.357. The lowest BCUT2D eigenvalue weighted by Gasteiger charge is -2.01. The van der Waals surface area contributed by atoms with Crippen LogP contribution in [0.15, 0.2) is 42.5 Å². The number of hydrogen-bond acceptors (Lipinski definition) is 2. The molecule has 0 saturated heterocycles. The monoisotopic (exact) mass is 270 g/mol. The van der Waals surface area contributed by atoms with Crippen molar-refractivity contribution >= 4 is 16.6 Å². The average molecular weight is 270 g/mol. The van der Waals surface area contributed by atoms with Crippen LogP contribution in [0.2, 0.25) is 0 Å². The van der Waals surface area contributed by atoms with Gasteiger partial charge in [-0.1, -0.05) is 17.7 Å².